The Bertz CT molecular complexity index is 1390. The highest BCUT2D eigenvalue weighted by atomic mass is 31.2. The summed E-state index contributed by atoms with van der Waals surface area (Å²) in [6.07, 6.45) is 56.4. The largest absolute Gasteiger partial charge is 0.469 e. The maximum Gasteiger partial charge on any atom is 0.469 e. The third-order valence-corrected chi connectivity index (χ3v) is 8.27. The van der Waals surface area contributed by atoms with E-state index in [2.05, 4.69) is 128 Å². The number of aliphatic hydroxyl groups excluding tert-OH is 1. The number of ether oxygens (including phenoxy) is 2. The Morgan fingerprint density at radius 1 is 0.544 bits per heavy atom. The Morgan fingerprint density at radius 3 is 1.47 bits per heavy atom. The first kappa shape index (κ1) is 53.1. The van der Waals surface area contributed by atoms with Crippen molar-refractivity contribution in [3.05, 3.63) is 134 Å². The second-order valence-corrected chi connectivity index (χ2v) is 14.3. The normalized spacial score (nSPS) is 14.4. The van der Waals surface area contributed by atoms with Gasteiger partial charge in [0.2, 0.25) is 0 Å². The summed E-state index contributed by atoms with van der Waals surface area (Å²) < 4.78 is 26.2. The molecular weight excluding hydrogens is 739 g/mol. The van der Waals surface area contributed by atoms with Gasteiger partial charge in [0.15, 0.2) is 6.10 Å². The van der Waals surface area contributed by atoms with Crippen LogP contribution in [0, 0.1) is 0 Å². The van der Waals surface area contributed by atoms with Crippen molar-refractivity contribution >= 4 is 19.8 Å². The number of hydrogen-bond donors (Lipinski definition) is 3. The topological polar surface area (TPSA) is 140 Å². The lowest BCUT2D eigenvalue weighted by Crippen LogP contribution is -2.29. The molecule has 0 radical (unpaired) electrons. The van der Waals surface area contributed by atoms with Gasteiger partial charge >= 0.3 is 19.8 Å². The third kappa shape index (κ3) is 43.1. The van der Waals surface area contributed by atoms with Gasteiger partial charge in [-0.1, -0.05) is 154 Å². The predicted molar refractivity (Wildman–Crippen MR) is 235 cm³/mol. The molecule has 0 amide bonds. The molecule has 2 atom stereocenters. The number of phosphoric acid groups is 1. The summed E-state index contributed by atoms with van der Waals surface area (Å²) in [5.41, 5.74) is 0. The van der Waals surface area contributed by atoms with E-state index in [0.29, 0.717) is 6.42 Å². The van der Waals surface area contributed by atoms with Gasteiger partial charge in [0.05, 0.1) is 12.7 Å². The molecule has 57 heavy (non-hydrogen) atoms. The van der Waals surface area contributed by atoms with E-state index in [4.69, 9.17) is 19.3 Å². The van der Waals surface area contributed by atoms with Crippen LogP contribution in [0.2, 0.25) is 0 Å². The molecule has 0 aromatic heterocycles. The molecule has 0 bridgehead atoms. The highest BCUT2D eigenvalue weighted by Gasteiger charge is 2.23. The van der Waals surface area contributed by atoms with Crippen molar-refractivity contribution in [3.63, 3.8) is 0 Å². The molecule has 10 heteroatoms. The second kappa shape index (κ2) is 40.4. The summed E-state index contributed by atoms with van der Waals surface area (Å²) in [5, 5.41) is 10.2. The molecule has 318 valence electrons. The fourth-order valence-corrected chi connectivity index (χ4v) is 5.10. The summed E-state index contributed by atoms with van der Waals surface area (Å²) >= 11 is 0. The minimum Gasteiger partial charge on any atom is -0.462 e. The van der Waals surface area contributed by atoms with Crippen LogP contribution in [-0.2, 0) is 28.2 Å². The number of allylic oxidation sites excluding steroid dienone is 21. The molecule has 0 spiro atoms. The average molecular weight is 811 g/mol. The summed E-state index contributed by atoms with van der Waals surface area (Å²) in [4.78, 5) is 42.9. The van der Waals surface area contributed by atoms with E-state index in [1.165, 1.54) is 0 Å². The van der Waals surface area contributed by atoms with E-state index in [1.807, 2.05) is 12.2 Å². The number of aliphatic hydroxyl groups is 1. The average Bonchev–Trinajstić information content (AvgIpc) is 3.18. The number of unbranched alkanes of at least 4 members (excludes halogenated alkanes) is 3. The molecule has 0 rings (SSSR count). The highest BCUT2D eigenvalue weighted by molar-refractivity contribution is 7.46. The summed E-state index contributed by atoms with van der Waals surface area (Å²) in [7, 11) is -4.84. The van der Waals surface area contributed by atoms with Crippen molar-refractivity contribution in [2.24, 2.45) is 0 Å². The maximum atomic E-state index is 12.4. The zero-order chi connectivity index (χ0) is 41.9. The maximum absolute atomic E-state index is 12.4. The van der Waals surface area contributed by atoms with Crippen LogP contribution in [0.15, 0.2) is 134 Å². The Kier molecular flexibility index (Phi) is 37.6. The van der Waals surface area contributed by atoms with E-state index in [-0.39, 0.29) is 19.3 Å². The molecule has 0 saturated heterocycles. The smallest absolute Gasteiger partial charge is 0.462 e. The number of hydrogen-bond acceptors (Lipinski definition) is 7. The quantitative estimate of drug-likeness (QED) is 0.0188. The lowest BCUT2D eigenvalue weighted by molar-refractivity contribution is -0.161. The van der Waals surface area contributed by atoms with Crippen LogP contribution in [0.3, 0.4) is 0 Å². The molecule has 0 fully saturated rings. The van der Waals surface area contributed by atoms with Gasteiger partial charge in [0.25, 0.3) is 0 Å². The number of rotatable bonds is 35. The van der Waals surface area contributed by atoms with Crippen LogP contribution in [0.1, 0.15) is 123 Å². The molecule has 0 aliphatic rings. The van der Waals surface area contributed by atoms with E-state index in [1.54, 1.807) is 12.2 Å². The monoisotopic (exact) mass is 810 g/mol. The van der Waals surface area contributed by atoms with Crippen molar-refractivity contribution in [2.75, 3.05) is 13.2 Å². The van der Waals surface area contributed by atoms with Gasteiger partial charge in [-0.15, -0.1) is 0 Å². The van der Waals surface area contributed by atoms with Crippen molar-refractivity contribution in [2.45, 2.75) is 135 Å². The minimum absolute atomic E-state index is 0.0749. The van der Waals surface area contributed by atoms with Gasteiger partial charge in [0, 0.05) is 12.8 Å². The van der Waals surface area contributed by atoms with Gasteiger partial charge in [-0.2, -0.15) is 0 Å². The Hall–Kier alpha value is -3.85. The molecule has 9 nitrogen and oxygen atoms in total. The SMILES string of the molecule is CC/C=C\C/C=C\C/C=C\C/C=C\C/C=C\C=C/C(O)CCC(=O)O[C@H](COC(=O)CCCCC/C=C\C/C=C\C/C=C\C/C=C\C/C=C\CC)COP(=O)(O)O. The van der Waals surface area contributed by atoms with Crippen LogP contribution >= 0.6 is 7.82 Å². The molecule has 1 unspecified atom stereocenters. The number of esters is 2. The molecular formula is C47H71O9P. The second-order valence-electron chi connectivity index (χ2n) is 13.0. The standard InChI is InChI=1S/C47H71O9P/c1-3-5-7-9-11-13-15-17-19-21-22-23-25-27-29-31-33-35-37-39-46(49)54-42-45(43-55-57(51,52)53)56-47(50)41-40-44(48)38-36-34-32-30-28-26-24-20-18-16-14-12-10-8-6-4-2/h5-8,11-14,17-20,22-23,26-29,32,34,36,38,44-45,48H,3-4,9-10,15-16,21,24-25,30-31,33,35,37,39-43H2,1-2H3,(H2,51,52,53)/b7-5-,8-6-,13-11-,14-12-,19-17-,20-18-,23-22-,28-26-,29-27-,34-32-,38-36-/t44?,45-/m1/s1. The van der Waals surface area contributed by atoms with Gasteiger partial charge in [-0.25, -0.2) is 4.57 Å². The van der Waals surface area contributed by atoms with Gasteiger partial charge < -0.3 is 24.4 Å². The van der Waals surface area contributed by atoms with E-state index in [0.717, 1.165) is 83.5 Å². The Labute approximate surface area is 344 Å². The van der Waals surface area contributed by atoms with Gasteiger partial charge in [-0.05, 0) is 89.9 Å². The first-order valence-corrected chi connectivity index (χ1v) is 22.1. The first-order valence-electron chi connectivity index (χ1n) is 20.6. The van der Waals surface area contributed by atoms with Crippen molar-refractivity contribution in [1.29, 1.82) is 0 Å². The zero-order valence-electron chi connectivity index (χ0n) is 34.5. The number of carbonyl (C=O) groups excluding carboxylic acids is 2. The van der Waals surface area contributed by atoms with Crippen molar-refractivity contribution in [1.82, 2.24) is 0 Å². The molecule has 0 aliphatic carbocycles. The van der Waals surface area contributed by atoms with Crippen LogP contribution in [-0.4, -0.2) is 52.3 Å². The first-order chi connectivity index (χ1) is 27.7. The molecule has 0 aliphatic heterocycles. The predicted octanol–water partition coefficient (Wildman–Crippen LogP) is 11.7. The molecule has 3 N–H and O–H groups in total. The van der Waals surface area contributed by atoms with Crippen LogP contribution in [0.25, 0.3) is 0 Å². The van der Waals surface area contributed by atoms with Crippen molar-refractivity contribution < 1.29 is 43.0 Å². The third-order valence-electron chi connectivity index (χ3n) is 7.78. The zero-order valence-corrected chi connectivity index (χ0v) is 35.4. The van der Waals surface area contributed by atoms with E-state index >= 15 is 0 Å². The minimum atomic E-state index is -4.84. The summed E-state index contributed by atoms with van der Waals surface area (Å²) in [5.74, 6) is -1.22. The number of carbonyl (C=O) groups is 2. The Balaban J connectivity index is 4.27. The van der Waals surface area contributed by atoms with Crippen LogP contribution in [0.4, 0.5) is 0 Å². The fourth-order valence-electron chi connectivity index (χ4n) is 4.74. The molecule has 0 saturated carbocycles. The summed E-state index contributed by atoms with van der Waals surface area (Å²) in [6, 6.07) is 0. The van der Waals surface area contributed by atoms with Gasteiger partial charge in [-0.3, -0.25) is 14.1 Å². The van der Waals surface area contributed by atoms with E-state index in [9.17, 15) is 19.3 Å². The number of phosphoric ester groups is 1. The van der Waals surface area contributed by atoms with Gasteiger partial charge in [0.1, 0.15) is 6.61 Å². The highest BCUT2D eigenvalue weighted by Crippen LogP contribution is 2.36. The van der Waals surface area contributed by atoms with Crippen LogP contribution in [0.5, 0.6) is 0 Å². The summed E-state index contributed by atoms with van der Waals surface area (Å²) in [6.45, 7) is 3.20. The molecule has 0 aromatic rings. The fraction of sp³-hybridized carbons (Fsp3) is 0.489. The lowest BCUT2D eigenvalue weighted by Gasteiger charge is -2.18. The van der Waals surface area contributed by atoms with E-state index < -0.39 is 45.2 Å². The van der Waals surface area contributed by atoms with Crippen LogP contribution < -0.4 is 0 Å². The molecule has 0 heterocycles. The lowest BCUT2D eigenvalue weighted by atomic mass is 10.1. The Morgan fingerprint density at radius 2 is 1.00 bits per heavy atom. The molecule has 0 aromatic carbocycles. The van der Waals surface area contributed by atoms with Crippen molar-refractivity contribution in [3.8, 4) is 0 Å².